The summed E-state index contributed by atoms with van der Waals surface area (Å²) in [7, 11) is 0. The van der Waals surface area contributed by atoms with Gasteiger partial charge in [-0.05, 0) is 24.3 Å². The van der Waals surface area contributed by atoms with E-state index in [9.17, 15) is 14.0 Å². The van der Waals surface area contributed by atoms with Crippen molar-refractivity contribution in [2.24, 2.45) is 0 Å². The molecule has 0 aliphatic carbocycles. The van der Waals surface area contributed by atoms with Gasteiger partial charge in [0.2, 0.25) is 5.56 Å². The van der Waals surface area contributed by atoms with Gasteiger partial charge in [0.05, 0.1) is 10.7 Å². The van der Waals surface area contributed by atoms with E-state index in [1.165, 1.54) is 36.5 Å². The molecule has 2 heterocycles. The van der Waals surface area contributed by atoms with Crippen LogP contribution in [-0.4, -0.2) is 21.1 Å². The number of carbonyl (C=O) groups is 1. The van der Waals surface area contributed by atoms with Gasteiger partial charge in [-0.3, -0.25) is 9.59 Å². The van der Waals surface area contributed by atoms with Gasteiger partial charge in [0.25, 0.3) is 0 Å². The lowest BCUT2D eigenvalue weighted by Crippen LogP contribution is -2.14. The third kappa shape index (κ3) is 3.58. The number of rotatable bonds is 4. The zero-order valence-corrected chi connectivity index (χ0v) is 12.6. The van der Waals surface area contributed by atoms with E-state index >= 15 is 0 Å². The minimum atomic E-state index is -0.653. The number of pyridine rings is 1. The Hall–Kier alpha value is -3.20. The number of aromatic nitrogens is 3. The Morgan fingerprint density at radius 1 is 1.21 bits per heavy atom. The minimum absolute atomic E-state index is 0.0655. The van der Waals surface area contributed by atoms with Gasteiger partial charge >= 0.3 is 17.8 Å². The predicted molar refractivity (Wildman–Crippen MR) is 84.0 cm³/mol. The van der Waals surface area contributed by atoms with Crippen LogP contribution in [0.5, 0.6) is 0 Å². The Morgan fingerprint density at radius 2 is 2.00 bits per heavy atom. The number of hydrogen-bond donors (Lipinski definition) is 3. The van der Waals surface area contributed by atoms with Gasteiger partial charge in [-0.2, -0.15) is 0 Å². The smallest absolute Gasteiger partial charge is 0.320 e. The third-order valence-corrected chi connectivity index (χ3v) is 3.12. The van der Waals surface area contributed by atoms with Crippen molar-refractivity contribution in [2.75, 3.05) is 10.6 Å². The molecule has 1 aromatic carbocycles. The summed E-state index contributed by atoms with van der Waals surface area (Å²) in [5.74, 6) is -1.51. The number of hydrogen-bond acceptors (Lipinski definition) is 6. The van der Waals surface area contributed by atoms with Crippen molar-refractivity contribution in [2.45, 2.75) is 0 Å². The van der Waals surface area contributed by atoms with Crippen LogP contribution in [-0.2, 0) is 0 Å². The van der Waals surface area contributed by atoms with Gasteiger partial charge < -0.3 is 20.0 Å². The monoisotopic (exact) mass is 349 g/mol. The van der Waals surface area contributed by atoms with E-state index in [0.717, 1.165) is 0 Å². The summed E-state index contributed by atoms with van der Waals surface area (Å²) in [5.41, 5.74) is 0.477. The second-order valence-electron chi connectivity index (χ2n) is 4.56. The first kappa shape index (κ1) is 15.7. The summed E-state index contributed by atoms with van der Waals surface area (Å²) < 4.78 is 18.3. The molecule has 10 heteroatoms. The van der Waals surface area contributed by atoms with Gasteiger partial charge in [0.1, 0.15) is 5.82 Å². The molecule has 0 atom stereocenters. The van der Waals surface area contributed by atoms with E-state index < -0.39 is 11.7 Å². The fraction of sp³-hybridized carbons (Fsp3) is 0. The van der Waals surface area contributed by atoms with Gasteiger partial charge in [-0.25, -0.2) is 4.39 Å². The zero-order chi connectivity index (χ0) is 17.1. The van der Waals surface area contributed by atoms with Gasteiger partial charge in [0.15, 0.2) is 0 Å². The molecule has 0 saturated heterocycles. The van der Waals surface area contributed by atoms with Crippen LogP contribution in [0.2, 0.25) is 5.02 Å². The Balaban J connectivity index is 1.70. The molecule has 0 fully saturated rings. The topological polar surface area (TPSA) is 113 Å². The van der Waals surface area contributed by atoms with Crippen LogP contribution in [0.25, 0.3) is 0 Å². The molecule has 3 N–H and O–H groups in total. The van der Waals surface area contributed by atoms with E-state index in [-0.39, 0.29) is 22.5 Å². The lowest BCUT2D eigenvalue weighted by molar-refractivity contribution is 0.0991. The van der Waals surface area contributed by atoms with Crippen molar-refractivity contribution in [3.8, 4) is 0 Å². The molecule has 122 valence electrons. The maximum Gasteiger partial charge on any atom is 0.320 e. The van der Waals surface area contributed by atoms with Crippen LogP contribution in [0.3, 0.4) is 0 Å². The second kappa shape index (κ2) is 6.50. The fourth-order valence-electron chi connectivity index (χ4n) is 1.74. The molecule has 0 radical (unpaired) electrons. The number of carbonyl (C=O) groups excluding carboxylic acids is 1. The second-order valence-corrected chi connectivity index (χ2v) is 4.97. The number of anilines is 3. The molecule has 0 saturated carbocycles. The lowest BCUT2D eigenvalue weighted by Gasteiger charge is -2.02. The number of aromatic amines is 1. The fourth-order valence-corrected chi connectivity index (χ4v) is 1.92. The maximum absolute atomic E-state index is 13.1. The van der Waals surface area contributed by atoms with Crippen molar-refractivity contribution >= 4 is 34.9 Å². The Bertz CT molecular complexity index is 935. The summed E-state index contributed by atoms with van der Waals surface area (Å²) in [5, 5.41) is 12.4. The van der Waals surface area contributed by atoms with Crippen molar-refractivity contribution in [1.29, 1.82) is 0 Å². The molecule has 1 amide bonds. The van der Waals surface area contributed by atoms with Crippen molar-refractivity contribution in [3.63, 3.8) is 0 Å². The molecule has 3 aromatic rings. The minimum Gasteiger partial charge on any atom is -0.399 e. The molecule has 8 nitrogen and oxygen atoms in total. The number of nitrogens with one attached hydrogen (secondary N) is 3. The highest BCUT2D eigenvalue weighted by molar-refractivity contribution is 6.31. The largest absolute Gasteiger partial charge is 0.399 e. The van der Waals surface area contributed by atoms with Crippen LogP contribution in [0.1, 0.15) is 10.7 Å². The number of benzene rings is 1. The Morgan fingerprint density at radius 3 is 2.71 bits per heavy atom. The van der Waals surface area contributed by atoms with Gasteiger partial charge in [-0.1, -0.05) is 16.7 Å². The van der Waals surface area contributed by atoms with Gasteiger partial charge in [0, 0.05) is 18.0 Å². The molecule has 2 aromatic heterocycles. The molecular weight excluding hydrogens is 341 g/mol. The highest BCUT2D eigenvalue weighted by Crippen LogP contribution is 2.22. The first-order valence-corrected chi connectivity index (χ1v) is 6.95. The first-order valence-electron chi connectivity index (χ1n) is 6.57. The van der Waals surface area contributed by atoms with Crippen molar-refractivity contribution in [3.05, 3.63) is 63.6 Å². The van der Waals surface area contributed by atoms with E-state index in [1.807, 2.05) is 0 Å². The molecular formula is C14H9ClFN5O3. The number of nitrogens with zero attached hydrogens (tertiary/aromatic N) is 2. The number of halogens is 2. The summed E-state index contributed by atoms with van der Waals surface area (Å²) in [6.07, 6.45) is 1.33. The average molecular weight is 350 g/mol. The standard InChI is InChI=1S/C14H9ClFN5O3/c15-9-5-7(1-3-10(9)16)19-14-21-20-13(24-14)12(23)18-8-2-4-11(22)17-6-8/h1-6H,(H,17,22)(H,18,23)(H,19,21). The summed E-state index contributed by atoms with van der Waals surface area (Å²) in [6, 6.07) is 6.54. The molecule has 0 bridgehead atoms. The highest BCUT2D eigenvalue weighted by Gasteiger charge is 2.15. The molecule has 3 rings (SSSR count). The zero-order valence-electron chi connectivity index (χ0n) is 11.8. The Labute approximate surface area is 138 Å². The van der Waals surface area contributed by atoms with E-state index in [2.05, 4.69) is 25.8 Å². The number of amides is 1. The molecule has 0 unspecified atom stereocenters. The summed E-state index contributed by atoms with van der Waals surface area (Å²) >= 11 is 5.67. The average Bonchev–Trinajstić information content (AvgIpc) is 3.02. The van der Waals surface area contributed by atoms with Crippen molar-refractivity contribution < 1.29 is 13.6 Å². The Kier molecular flexibility index (Phi) is 4.25. The summed E-state index contributed by atoms with van der Waals surface area (Å²) in [4.78, 5) is 25.3. The van der Waals surface area contributed by atoms with E-state index in [0.29, 0.717) is 11.4 Å². The van der Waals surface area contributed by atoms with Gasteiger partial charge in [-0.15, -0.1) is 5.10 Å². The van der Waals surface area contributed by atoms with Crippen LogP contribution in [0, 0.1) is 5.82 Å². The third-order valence-electron chi connectivity index (χ3n) is 2.83. The summed E-state index contributed by atoms with van der Waals surface area (Å²) in [6.45, 7) is 0. The predicted octanol–water partition coefficient (Wildman–Crippen LogP) is 2.55. The van der Waals surface area contributed by atoms with Crippen LogP contribution in [0.15, 0.2) is 45.7 Å². The highest BCUT2D eigenvalue weighted by atomic mass is 35.5. The van der Waals surface area contributed by atoms with Crippen LogP contribution >= 0.6 is 11.6 Å². The van der Waals surface area contributed by atoms with E-state index in [4.69, 9.17) is 16.0 Å². The normalized spacial score (nSPS) is 10.4. The molecule has 24 heavy (non-hydrogen) atoms. The number of H-pyrrole nitrogens is 1. The van der Waals surface area contributed by atoms with Crippen LogP contribution in [0.4, 0.5) is 21.8 Å². The van der Waals surface area contributed by atoms with Crippen LogP contribution < -0.4 is 16.2 Å². The molecule has 0 aliphatic rings. The quantitative estimate of drug-likeness (QED) is 0.667. The molecule has 0 spiro atoms. The van der Waals surface area contributed by atoms with E-state index in [1.54, 1.807) is 0 Å². The maximum atomic E-state index is 13.1. The van der Waals surface area contributed by atoms with Crippen molar-refractivity contribution in [1.82, 2.24) is 15.2 Å². The SMILES string of the molecule is O=C(Nc1ccc(=O)[nH]c1)c1nnc(Nc2ccc(F)c(Cl)c2)o1. The lowest BCUT2D eigenvalue weighted by atomic mass is 10.3. The first-order chi connectivity index (χ1) is 11.5. The molecule has 0 aliphatic heterocycles.